The summed E-state index contributed by atoms with van der Waals surface area (Å²) in [5.41, 5.74) is 1.39. The van der Waals surface area contributed by atoms with Crippen LogP contribution in [0.15, 0.2) is 16.8 Å². The number of aliphatic carboxylic acids is 1. The zero-order valence-electron chi connectivity index (χ0n) is 14.0. The quantitative estimate of drug-likeness (QED) is 0.905. The van der Waals surface area contributed by atoms with Crippen LogP contribution in [-0.4, -0.2) is 77.1 Å². The minimum Gasteiger partial charge on any atom is -0.481 e. The lowest BCUT2D eigenvalue weighted by molar-refractivity contribution is -0.142. The number of piperazine rings is 1. The van der Waals surface area contributed by atoms with Gasteiger partial charge in [0, 0.05) is 57.9 Å². The van der Waals surface area contributed by atoms with Gasteiger partial charge in [-0.1, -0.05) is 0 Å². The van der Waals surface area contributed by atoms with Gasteiger partial charge in [-0.2, -0.15) is 11.3 Å². The Morgan fingerprint density at radius 3 is 2.78 bits per heavy atom. The van der Waals surface area contributed by atoms with Gasteiger partial charge in [-0.3, -0.25) is 19.5 Å². The summed E-state index contributed by atoms with van der Waals surface area (Å²) in [6.07, 6.45) is 0. The molecule has 1 aromatic rings. The molecule has 1 N–H and O–H groups in total. The normalized spacial score (nSPS) is 27.8. The summed E-state index contributed by atoms with van der Waals surface area (Å²) >= 11 is 1.75. The molecule has 5 nitrogen and oxygen atoms in total. The predicted octanol–water partition coefficient (Wildman–Crippen LogP) is 1.66. The van der Waals surface area contributed by atoms with Gasteiger partial charge in [0.1, 0.15) is 0 Å². The van der Waals surface area contributed by atoms with Crippen LogP contribution >= 0.6 is 11.3 Å². The Labute approximate surface area is 142 Å². The molecule has 2 saturated heterocycles. The molecule has 2 atom stereocenters. The minimum atomic E-state index is -0.656. The third-order valence-electron chi connectivity index (χ3n) is 5.11. The van der Waals surface area contributed by atoms with Gasteiger partial charge in [0.05, 0.1) is 5.92 Å². The van der Waals surface area contributed by atoms with E-state index in [-0.39, 0.29) is 5.92 Å². The van der Waals surface area contributed by atoms with E-state index >= 15 is 0 Å². The Morgan fingerprint density at radius 1 is 1.30 bits per heavy atom. The van der Waals surface area contributed by atoms with E-state index in [0.29, 0.717) is 25.2 Å². The zero-order valence-corrected chi connectivity index (χ0v) is 14.8. The van der Waals surface area contributed by atoms with E-state index in [9.17, 15) is 9.90 Å². The highest BCUT2D eigenvalue weighted by atomic mass is 32.1. The van der Waals surface area contributed by atoms with Gasteiger partial charge in [-0.05, 0) is 36.2 Å². The third-order valence-corrected chi connectivity index (χ3v) is 5.84. The highest BCUT2D eigenvalue weighted by Gasteiger charge is 2.36. The maximum Gasteiger partial charge on any atom is 0.309 e. The first-order valence-corrected chi connectivity index (χ1v) is 9.41. The van der Waals surface area contributed by atoms with Crippen LogP contribution in [0.3, 0.4) is 0 Å². The predicted molar refractivity (Wildman–Crippen MR) is 92.8 cm³/mol. The van der Waals surface area contributed by atoms with Gasteiger partial charge in [0.25, 0.3) is 0 Å². The van der Waals surface area contributed by atoms with Crippen molar-refractivity contribution in [3.8, 4) is 0 Å². The molecule has 3 rings (SSSR count). The molecular weight excluding hydrogens is 310 g/mol. The number of carboxylic acid groups (broad SMARTS) is 1. The van der Waals surface area contributed by atoms with E-state index in [1.54, 1.807) is 11.3 Å². The van der Waals surface area contributed by atoms with Gasteiger partial charge < -0.3 is 5.11 Å². The Kier molecular flexibility index (Phi) is 5.36. The highest BCUT2D eigenvalue weighted by Crippen LogP contribution is 2.22. The maximum atomic E-state index is 11.6. The van der Waals surface area contributed by atoms with Crippen molar-refractivity contribution in [1.29, 1.82) is 0 Å². The van der Waals surface area contributed by atoms with E-state index in [1.807, 2.05) is 0 Å². The van der Waals surface area contributed by atoms with Crippen LogP contribution in [0.5, 0.6) is 0 Å². The first-order chi connectivity index (χ1) is 11.0. The van der Waals surface area contributed by atoms with Crippen molar-refractivity contribution < 1.29 is 9.90 Å². The lowest BCUT2D eigenvalue weighted by Crippen LogP contribution is -2.56. The molecule has 23 heavy (non-hydrogen) atoms. The summed E-state index contributed by atoms with van der Waals surface area (Å²) in [6.45, 7) is 10.7. The summed E-state index contributed by atoms with van der Waals surface area (Å²) in [5.74, 6) is -0.928. The Bertz CT molecular complexity index is 520. The molecule has 0 saturated carbocycles. The molecule has 128 valence electrons. The largest absolute Gasteiger partial charge is 0.481 e. The Hall–Kier alpha value is -0.950. The van der Waals surface area contributed by atoms with Crippen LogP contribution in [0.1, 0.15) is 19.4 Å². The summed E-state index contributed by atoms with van der Waals surface area (Å²) in [5, 5.41) is 13.9. The number of hydrogen-bond donors (Lipinski definition) is 1. The van der Waals surface area contributed by atoms with Crippen LogP contribution in [-0.2, 0) is 11.3 Å². The molecule has 3 heterocycles. The Morgan fingerprint density at radius 2 is 2.13 bits per heavy atom. The zero-order chi connectivity index (χ0) is 16.4. The standard InChI is InChI=1S/C17H27N3O2S/c1-13(2)20-9-15(17(21)22)8-19-5-4-18(10-16(19)11-20)7-14-3-6-23-12-14/h3,6,12-13,15-16H,4-5,7-11H2,1-2H3,(H,21,22)/t15-,16+/m1/s1. The number of carbonyl (C=O) groups is 1. The molecule has 0 unspecified atom stereocenters. The van der Waals surface area contributed by atoms with Crippen molar-refractivity contribution in [2.24, 2.45) is 5.92 Å². The topological polar surface area (TPSA) is 47.0 Å². The number of hydrogen-bond acceptors (Lipinski definition) is 5. The van der Waals surface area contributed by atoms with Gasteiger partial charge in [-0.15, -0.1) is 0 Å². The molecule has 0 aliphatic carbocycles. The highest BCUT2D eigenvalue weighted by molar-refractivity contribution is 7.07. The van der Waals surface area contributed by atoms with Gasteiger partial charge >= 0.3 is 5.97 Å². The van der Waals surface area contributed by atoms with E-state index in [2.05, 4.69) is 45.4 Å². The Balaban J connectivity index is 1.68. The fourth-order valence-corrected chi connectivity index (χ4v) is 4.36. The second-order valence-corrected chi connectivity index (χ2v) is 7.88. The number of carboxylic acids is 1. The fourth-order valence-electron chi connectivity index (χ4n) is 3.70. The molecule has 2 fully saturated rings. The molecule has 0 spiro atoms. The molecule has 2 aliphatic heterocycles. The van der Waals surface area contributed by atoms with Crippen molar-refractivity contribution in [2.75, 3.05) is 39.3 Å². The lowest BCUT2D eigenvalue weighted by Gasteiger charge is -2.41. The summed E-state index contributed by atoms with van der Waals surface area (Å²) in [7, 11) is 0. The summed E-state index contributed by atoms with van der Waals surface area (Å²) in [4.78, 5) is 18.8. The first-order valence-electron chi connectivity index (χ1n) is 8.47. The van der Waals surface area contributed by atoms with Crippen LogP contribution in [0.4, 0.5) is 0 Å². The molecule has 6 heteroatoms. The van der Waals surface area contributed by atoms with Crippen molar-refractivity contribution in [1.82, 2.24) is 14.7 Å². The number of rotatable bonds is 4. The summed E-state index contributed by atoms with van der Waals surface area (Å²) in [6, 6.07) is 3.03. The van der Waals surface area contributed by atoms with E-state index < -0.39 is 5.97 Å². The molecule has 0 amide bonds. The SMILES string of the molecule is CC(C)N1C[C@H](C(=O)O)CN2CCN(Cc3ccsc3)C[C@H]2C1. The molecule has 0 radical (unpaired) electrons. The van der Waals surface area contributed by atoms with Crippen molar-refractivity contribution in [2.45, 2.75) is 32.5 Å². The average Bonchev–Trinajstić information content (AvgIpc) is 2.92. The van der Waals surface area contributed by atoms with E-state index in [4.69, 9.17) is 0 Å². The van der Waals surface area contributed by atoms with Crippen molar-refractivity contribution in [3.63, 3.8) is 0 Å². The maximum absolute atomic E-state index is 11.6. The molecule has 2 aliphatic rings. The van der Waals surface area contributed by atoms with Crippen LogP contribution < -0.4 is 0 Å². The summed E-state index contributed by atoms with van der Waals surface area (Å²) < 4.78 is 0. The van der Waals surface area contributed by atoms with Crippen molar-refractivity contribution >= 4 is 17.3 Å². The molecule has 0 aromatic carbocycles. The average molecular weight is 337 g/mol. The van der Waals surface area contributed by atoms with Gasteiger partial charge in [0.15, 0.2) is 0 Å². The van der Waals surface area contributed by atoms with Gasteiger partial charge in [0.2, 0.25) is 0 Å². The second kappa shape index (κ2) is 7.30. The van der Waals surface area contributed by atoms with Crippen molar-refractivity contribution in [3.05, 3.63) is 22.4 Å². The molecular formula is C17H27N3O2S. The van der Waals surface area contributed by atoms with Crippen LogP contribution in [0, 0.1) is 5.92 Å². The second-order valence-electron chi connectivity index (χ2n) is 7.10. The van der Waals surface area contributed by atoms with Crippen LogP contribution in [0.25, 0.3) is 0 Å². The first kappa shape index (κ1) is 16.9. The number of nitrogens with zero attached hydrogens (tertiary/aromatic N) is 3. The van der Waals surface area contributed by atoms with Crippen LogP contribution in [0.2, 0.25) is 0 Å². The minimum absolute atomic E-state index is 0.272. The number of fused-ring (bicyclic) bond motifs is 1. The molecule has 1 aromatic heterocycles. The smallest absolute Gasteiger partial charge is 0.309 e. The fraction of sp³-hybridized carbons (Fsp3) is 0.706. The number of thiophene rings is 1. The third kappa shape index (κ3) is 4.12. The lowest BCUT2D eigenvalue weighted by atomic mass is 10.1. The monoisotopic (exact) mass is 337 g/mol. The van der Waals surface area contributed by atoms with Gasteiger partial charge in [-0.25, -0.2) is 0 Å². The van der Waals surface area contributed by atoms with E-state index in [0.717, 1.165) is 32.7 Å². The molecule has 0 bridgehead atoms. The van der Waals surface area contributed by atoms with E-state index in [1.165, 1.54) is 5.56 Å².